The average Bonchev–Trinajstić information content (AvgIpc) is 2.25. The van der Waals surface area contributed by atoms with E-state index in [1.165, 1.54) is 7.11 Å². The number of ether oxygens (including phenoxy) is 1. The molecule has 1 N–H and O–H groups in total. The van der Waals surface area contributed by atoms with Crippen molar-refractivity contribution in [3.05, 3.63) is 29.3 Å². The largest absolute Gasteiger partial charge is 0.497 e. The van der Waals surface area contributed by atoms with Gasteiger partial charge in [0.25, 0.3) is 0 Å². The number of halogens is 2. The highest BCUT2D eigenvalue weighted by Gasteiger charge is 2.19. The molecule has 2 nitrogen and oxygen atoms in total. The lowest BCUT2D eigenvalue weighted by Gasteiger charge is -2.15. The first-order chi connectivity index (χ1) is 7.95. The van der Waals surface area contributed by atoms with Gasteiger partial charge in [-0.15, -0.1) is 0 Å². The smallest absolute Gasteiger partial charge is 0.135 e. The summed E-state index contributed by atoms with van der Waals surface area (Å²) >= 11 is 0. The van der Waals surface area contributed by atoms with Crippen molar-refractivity contribution in [1.29, 1.82) is 0 Å². The van der Waals surface area contributed by atoms with Gasteiger partial charge < -0.3 is 9.84 Å². The molecule has 0 aliphatic carbocycles. The molecule has 1 atom stereocenters. The van der Waals surface area contributed by atoms with Crippen molar-refractivity contribution in [2.45, 2.75) is 32.8 Å². The van der Waals surface area contributed by atoms with Gasteiger partial charge in [0, 0.05) is 12.1 Å². The normalized spacial score (nSPS) is 12.9. The van der Waals surface area contributed by atoms with Gasteiger partial charge in [-0.05, 0) is 18.8 Å². The summed E-state index contributed by atoms with van der Waals surface area (Å²) in [5.41, 5.74) is -0.272. The maximum Gasteiger partial charge on any atom is 0.135 e. The van der Waals surface area contributed by atoms with Gasteiger partial charge in [0.2, 0.25) is 0 Å². The quantitative estimate of drug-likeness (QED) is 0.859. The Morgan fingerprint density at radius 2 is 1.71 bits per heavy atom. The third kappa shape index (κ3) is 3.66. The highest BCUT2D eigenvalue weighted by molar-refractivity contribution is 5.31. The second kappa shape index (κ2) is 5.96. The molecule has 0 saturated heterocycles. The standard InChI is InChI=1S/C13H18F2O2/c1-8(2)4-5-12(16)13-10(14)6-9(17-3)7-11(13)15/h6-8,12,16H,4-5H2,1-3H3. The van der Waals surface area contributed by atoms with Crippen LogP contribution < -0.4 is 4.74 Å². The molecule has 0 radical (unpaired) electrons. The molecule has 0 fully saturated rings. The summed E-state index contributed by atoms with van der Waals surface area (Å²) in [6.45, 7) is 3.99. The van der Waals surface area contributed by atoms with Gasteiger partial charge in [-0.25, -0.2) is 8.78 Å². The van der Waals surface area contributed by atoms with Crippen LogP contribution in [0.4, 0.5) is 8.78 Å². The zero-order valence-corrected chi connectivity index (χ0v) is 10.3. The summed E-state index contributed by atoms with van der Waals surface area (Å²) in [5.74, 6) is -1.04. The van der Waals surface area contributed by atoms with Crippen molar-refractivity contribution in [3.8, 4) is 5.75 Å². The zero-order chi connectivity index (χ0) is 13.0. The first kappa shape index (κ1) is 13.9. The highest BCUT2D eigenvalue weighted by Crippen LogP contribution is 2.28. The second-order valence-corrected chi connectivity index (χ2v) is 4.49. The van der Waals surface area contributed by atoms with E-state index in [0.29, 0.717) is 18.8 Å². The van der Waals surface area contributed by atoms with Crippen LogP contribution in [-0.2, 0) is 0 Å². The molecule has 4 heteroatoms. The van der Waals surface area contributed by atoms with Crippen LogP contribution in [0.3, 0.4) is 0 Å². The highest BCUT2D eigenvalue weighted by atomic mass is 19.1. The lowest BCUT2D eigenvalue weighted by molar-refractivity contribution is 0.149. The first-order valence-electron chi connectivity index (χ1n) is 5.66. The molecule has 0 aliphatic rings. The van der Waals surface area contributed by atoms with Crippen LogP contribution in [0, 0.1) is 17.6 Å². The molecule has 1 aromatic rings. The van der Waals surface area contributed by atoms with Crippen molar-refractivity contribution in [1.82, 2.24) is 0 Å². The molecule has 1 unspecified atom stereocenters. The summed E-state index contributed by atoms with van der Waals surface area (Å²) < 4.78 is 31.9. The third-order valence-corrected chi connectivity index (χ3v) is 2.64. The molecule has 0 bridgehead atoms. The van der Waals surface area contributed by atoms with E-state index in [4.69, 9.17) is 4.74 Å². The maximum absolute atomic E-state index is 13.6. The molecular formula is C13H18F2O2. The van der Waals surface area contributed by atoms with E-state index >= 15 is 0 Å². The van der Waals surface area contributed by atoms with Crippen molar-refractivity contribution < 1.29 is 18.6 Å². The summed E-state index contributed by atoms with van der Waals surface area (Å²) in [4.78, 5) is 0. The number of rotatable bonds is 5. The van der Waals surface area contributed by atoms with Gasteiger partial charge in [0.1, 0.15) is 17.4 Å². The zero-order valence-electron chi connectivity index (χ0n) is 10.3. The van der Waals surface area contributed by atoms with E-state index in [1.807, 2.05) is 13.8 Å². The van der Waals surface area contributed by atoms with E-state index < -0.39 is 17.7 Å². The molecule has 0 aliphatic heterocycles. The van der Waals surface area contributed by atoms with Crippen LogP contribution in [0.15, 0.2) is 12.1 Å². The van der Waals surface area contributed by atoms with Crippen LogP contribution in [0.1, 0.15) is 38.4 Å². The summed E-state index contributed by atoms with van der Waals surface area (Å²) in [7, 11) is 1.34. The van der Waals surface area contributed by atoms with Crippen molar-refractivity contribution in [2.75, 3.05) is 7.11 Å². The van der Waals surface area contributed by atoms with Gasteiger partial charge in [-0.1, -0.05) is 13.8 Å². The Morgan fingerprint density at radius 3 is 2.12 bits per heavy atom. The average molecular weight is 244 g/mol. The van der Waals surface area contributed by atoms with Gasteiger partial charge in [0.15, 0.2) is 0 Å². The van der Waals surface area contributed by atoms with Crippen molar-refractivity contribution in [3.63, 3.8) is 0 Å². The number of methoxy groups -OCH3 is 1. The van der Waals surface area contributed by atoms with E-state index in [0.717, 1.165) is 12.1 Å². The molecule has 96 valence electrons. The van der Waals surface area contributed by atoms with Crippen molar-refractivity contribution in [2.24, 2.45) is 5.92 Å². The van der Waals surface area contributed by atoms with Crippen LogP contribution in [0.2, 0.25) is 0 Å². The Labute approximate surface area is 100 Å². The minimum atomic E-state index is -1.11. The van der Waals surface area contributed by atoms with Crippen molar-refractivity contribution >= 4 is 0 Å². The Balaban J connectivity index is 2.89. The van der Waals surface area contributed by atoms with Crippen LogP contribution >= 0.6 is 0 Å². The van der Waals surface area contributed by atoms with Gasteiger partial charge in [0.05, 0.1) is 18.8 Å². The Hall–Kier alpha value is -1.16. The van der Waals surface area contributed by atoms with Crippen LogP contribution in [0.25, 0.3) is 0 Å². The monoisotopic (exact) mass is 244 g/mol. The molecule has 1 rings (SSSR count). The fourth-order valence-corrected chi connectivity index (χ4v) is 1.63. The topological polar surface area (TPSA) is 29.5 Å². The number of aliphatic hydroxyl groups is 1. The minimum Gasteiger partial charge on any atom is -0.497 e. The fourth-order valence-electron chi connectivity index (χ4n) is 1.63. The minimum absolute atomic E-state index is 0.111. The number of hydrogen-bond donors (Lipinski definition) is 1. The Kier molecular flexibility index (Phi) is 4.87. The van der Waals surface area contributed by atoms with Gasteiger partial charge >= 0.3 is 0 Å². The molecule has 1 aromatic carbocycles. The van der Waals surface area contributed by atoms with E-state index in [-0.39, 0.29) is 11.3 Å². The van der Waals surface area contributed by atoms with Gasteiger partial charge in [-0.3, -0.25) is 0 Å². The van der Waals surface area contributed by atoms with E-state index in [1.54, 1.807) is 0 Å². The lowest BCUT2D eigenvalue weighted by atomic mass is 9.99. The predicted octanol–water partition coefficient (Wildman–Crippen LogP) is 3.44. The Morgan fingerprint density at radius 1 is 1.18 bits per heavy atom. The number of hydrogen-bond acceptors (Lipinski definition) is 2. The first-order valence-corrected chi connectivity index (χ1v) is 5.66. The van der Waals surface area contributed by atoms with Crippen LogP contribution in [-0.4, -0.2) is 12.2 Å². The summed E-state index contributed by atoms with van der Waals surface area (Å²) in [6.07, 6.45) is -0.0486. The number of aliphatic hydroxyl groups excluding tert-OH is 1. The fraction of sp³-hybridized carbons (Fsp3) is 0.538. The van der Waals surface area contributed by atoms with E-state index in [9.17, 15) is 13.9 Å². The molecule has 0 heterocycles. The summed E-state index contributed by atoms with van der Waals surface area (Å²) in [5, 5.41) is 9.77. The third-order valence-electron chi connectivity index (χ3n) is 2.64. The maximum atomic E-state index is 13.6. The second-order valence-electron chi connectivity index (χ2n) is 4.49. The molecule has 0 saturated carbocycles. The molecule has 0 amide bonds. The molecule has 0 aromatic heterocycles. The molecular weight excluding hydrogens is 226 g/mol. The number of benzene rings is 1. The Bertz CT molecular complexity index is 355. The van der Waals surface area contributed by atoms with Gasteiger partial charge in [-0.2, -0.15) is 0 Å². The summed E-state index contributed by atoms with van der Waals surface area (Å²) in [6, 6.07) is 2.16. The lowest BCUT2D eigenvalue weighted by Crippen LogP contribution is -2.06. The van der Waals surface area contributed by atoms with Crippen LogP contribution in [0.5, 0.6) is 5.75 Å². The SMILES string of the molecule is COc1cc(F)c(C(O)CCC(C)C)c(F)c1. The predicted molar refractivity (Wildman–Crippen MR) is 61.9 cm³/mol. The van der Waals surface area contributed by atoms with E-state index in [2.05, 4.69) is 0 Å². The molecule has 0 spiro atoms. The molecule has 17 heavy (non-hydrogen) atoms.